The van der Waals surface area contributed by atoms with Crippen molar-refractivity contribution in [3.8, 4) is 34.3 Å². The van der Waals surface area contributed by atoms with Crippen LogP contribution in [0.5, 0.6) is 11.8 Å². The van der Waals surface area contributed by atoms with E-state index in [1.54, 1.807) is 17.7 Å². The molecule has 0 saturated carbocycles. The van der Waals surface area contributed by atoms with E-state index < -0.39 is 9.84 Å². The Morgan fingerprint density at radius 3 is 2.49 bits per heavy atom. The van der Waals surface area contributed by atoms with Crippen molar-refractivity contribution in [2.75, 3.05) is 25.8 Å². The van der Waals surface area contributed by atoms with E-state index in [4.69, 9.17) is 14.5 Å². The fraction of sp³-hybridized carbons (Fsp3) is 0.154. The van der Waals surface area contributed by atoms with Gasteiger partial charge in [0.1, 0.15) is 10.4 Å². The SMILES string of the molecule is COc1cccc(CNc2nc(-c3cnc(OC)c(S(C)(=O)=O)c3)nn3ccc(-c4ccccc4)c23)n1. The monoisotopic (exact) mass is 516 g/mol. The van der Waals surface area contributed by atoms with Crippen molar-refractivity contribution < 1.29 is 17.9 Å². The van der Waals surface area contributed by atoms with Gasteiger partial charge < -0.3 is 14.8 Å². The molecule has 1 aromatic carbocycles. The van der Waals surface area contributed by atoms with Crippen molar-refractivity contribution in [1.82, 2.24) is 24.6 Å². The molecule has 37 heavy (non-hydrogen) atoms. The molecule has 5 aromatic rings. The predicted molar refractivity (Wildman–Crippen MR) is 139 cm³/mol. The van der Waals surface area contributed by atoms with Gasteiger partial charge in [0.25, 0.3) is 0 Å². The largest absolute Gasteiger partial charge is 0.481 e. The number of aromatic nitrogens is 5. The van der Waals surface area contributed by atoms with E-state index >= 15 is 0 Å². The fourth-order valence-corrected chi connectivity index (χ4v) is 4.73. The highest BCUT2D eigenvalue weighted by Gasteiger charge is 2.20. The molecule has 0 aliphatic carbocycles. The minimum Gasteiger partial charge on any atom is -0.481 e. The minimum absolute atomic E-state index is 0.0158. The first-order chi connectivity index (χ1) is 17.9. The maximum Gasteiger partial charge on any atom is 0.232 e. The van der Waals surface area contributed by atoms with Gasteiger partial charge in [0.2, 0.25) is 11.8 Å². The first-order valence-electron chi connectivity index (χ1n) is 11.3. The maximum atomic E-state index is 12.4. The quantitative estimate of drug-likeness (QED) is 0.327. The number of nitrogens with one attached hydrogen (secondary N) is 1. The number of fused-ring (bicyclic) bond motifs is 1. The number of hydrogen-bond acceptors (Lipinski definition) is 9. The molecule has 0 saturated heterocycles. The minimum atomic E-state index is -3.60. The number of pyridine rings is 2. The molecule has 4 aromatic heterocycles. The van der Waals surface area contributed by atoms with E-state index in [0.717, 1.165) is 28.6 Å². The number of rotatable bonds is 8. The summed E-state index contributed by atoms with van der Waals surface area (Å²) >= 11 is 0. The van der Waals surface area contributed by atoms with Gasteiger partial charge in [0.05, 0.1) is 26.5 Å². The van der Waals surface area contributed by atoms with E-state index in [2.05, 4.69) is 20.4 Å². The van der Waals surface area contributed by atoms with Crippen LogP contribution in [-0.4, -0.2) is 53.5 Å². The van der Waals surface area contributed by atoms with E-state index in [1.165, 1.54) is 19.4 Å². The maximum absolute atomic E-state index is 12.4. The van der Waals surface area contributed by atoms with Gasteiger partial charge in [-0.25, -0.2) is 27.9 Å². The predicted octanol–water partition coefficient (Wildman–Crippen LogP) is 3.89. The van der Waals surface area contributed by atoms with Crippen molar-refractivity contribution in [3.05, 3.63) is 78.8 Å². The molecule has 0 spiro atoms. The third-order valence-electron chi connectivity index (χ3n) is 5.69. The smallest absolute Gasteiger partial charge is 0.232 e. The van der Waals surface area contributed by atoms with Crippen molar-refractivity contribution in [3.63, 3.8) is 0 Å². The van der Waals surface area contributed by atoms with Gasteiger partial charge in [0, 0.05) is 35.8 Å². The third-order valence-corrected chi connectivity index (χ3v) is 6.78. The van der Waals surface area contributed by atoms with Crippen molar-refractivity contribution >= 4 is 21.2 Å². The van der Waals surface area contributed by atoms with Gasteiger partial charge in [0.15, 0.2) is 21.5 Å². The van der Waals surface area contributed by atoms with Gasteiger partial charge in [-0.15, -0.1) is 5.10 Å². The first kappa shape index (κ1) is 24.2. The standard InChI is InChI=1S/C26H24N6O4S/c1-35-22-11-7-10-19(29-22)16-27-25-23-20(17-8-5-4-6-9-17)12-13-32(23)31-24(30-25)18-14-21(37(3,33)34)26(36-2)28-15-18/h4-15H,16H2,1-3H3,(H,27,30,31). The Bertz CT molecular complexity index is 1690. The Hall–Kier alpha value is -4.51. The lowest BCUT2D eigenvalue weighted by atomic mass is 10.1. The number of anilines is 1. The number of hydrogen-bond donors (Lipinski definition) is 1. The summed E-state index contributed by atoms with van der Waals surface area (Å²) in [6, 6.07) is 18.9. The summed E-state index contributed by atoms with van der Waals surface area (Å²) in [6.45, 7) is 0.373. The lowest BCUT2D eigenvalue weighted by molar-refractivity contribution is 0.385. The number of benzene rings is 1. The molecule has 5 rings (SSSR count). The van der Waals surface area contributed by atoms with E-state index in [9.17, 15) is 8.42 Å². The van der Waals surface area contributed by atoms with Crippen molar-refractivity contribution in [2.45, 2.75) is 11.4 Å². The van der Waals surface area contributed by atoms with Crippen LogP contribution < -0.4 is 14.8 Å². The van der Waals surface area contributed by atoms with Gasteiger partial charge in [-0.2, -0.15) is 0 Å². The zero-order chi connectivity index (χ0) is 26.0. The van der Waals surface area contributed by atoms with E-state index in [1.807, 2.05) is 54.7 Å². The zero-order valence-corrected chi connectivity index (χ0v) is 21.2. The molecule has 0 atom stereocenters. The highest BCUT2D eigenvalue weighted by atomic mass is 32.2. The van der Waals surface area contributed by atoms with Gasteiger partial charge in [-0.1, -0.05) is 36.4 Å². The van der Waals surface area contributed by atoms with Crippen molar-refractivity contribution in [1.29, 1.82) is 0 Å². The number of methoxy groups -OCH3 is 2. The molecule has 10 nitrogen and oxygen atoms in total. The summed E-state index contributed by atoms with van der Waals surface area (Å²) in [6.07, 6.45) is 4.43. The Morgan fingerprint density at radius 1 is 0.946 bits per heavy atom. The summed E-state index contributed by atoms with van der Waals surface area (Å²) in [5, 5.41) is 8.04. The summed E-state index contributed by atoms with van der Waals surface area (Å²) < 4.78 is 36.8. The molecule has 0 bridgehead atoms. The van der Waals surface area contributed by atoms with Crippen LogP contribution in [0.15, 0.2) is 78.0 Å². The lowest BCUT2D eigenvalue weighted by Gasteiger charge is -2.13. The molecule has 4 heterocycles. The molecule has 11 heteroatoms. The second-order valence-corrected chi connectivity index (χ2v) is 10.2. The molecule has 0 aliphatic heterocycles. The Balaban J connectivity index is 1.65. The average Bonchev–Trinajstić information content (AvgIpc) is 3.36. The van der Waals surface area contributed by atoms with Crippen LogP contribution in [0.4, 0.5) is 5.82 Å². The molecule has 1 N–H and O–H groups in total. The molecule has 0 fully saturated rings. The van der Waals surface area contributed by atoms with Crippen molar-refractivity contribution in [2.24, 2.45) is 0 Å². The zero-order valence-electron chi connectivity index (χ0n) is 20.4. The van der Waals surface area contributed by atoms with Crippen LogP contribution in [0.1, 0.15) is 5.69 Å². The Labute approximate surface area is 213 Å². The van der Waals surface area contributed by atoms with Crippen LogP contribution in [0.2, 0.25) is 0 Å². The fourth-order valence-electron chi connectivity index (χ4n) is 3.94. The van der Waals surface area contributed by atoms with E-state index in [0.29, 0.717) is 29.6 Å². The lowest BCUT2D eigenvalue weighted by Crippen LogP contribution is -2.09. The molecular weight excluding hydrogens is 492 g/mol. The van der Waals surface area contributed by atoms with Gasteiger partial charge >= 0.3 is 0 Å². The number of ether oxygens (including phenoxy) is 2. The third kappa shape index (κ3) is 4.94. The molecule has 0 aliphatic rings. The second-order valence-electron chi connectivity index (χ2n) is 8.20. The number of sulfone groups is 1. The van der Waals surface area contributed by atoms with Gasteiger partial charge in [-0.05, 0) is 23.8 Å². The van der Waals surface area contributed by atoms with Crippen LogP contribution in [0, 0.1) is 0 Å². The molecule has 0 amide bonds. The Kier molecular flexibility index (Phi) is 6.45. The number of nitrogens with zero attached hydrogens (tertiary/aromatic N) is 5. The van der Waals surface area contributed by atoms with Crippen LogP contribution >= 0.6 is 0 Å². The summed E-state index contributed by atoms with van der Waals surface area (Å²) in [4.78, 5) is 13.4. The molecular formula is C26H24N6O4S. The summed E-state index contributed by atoms with van der Waals surface area (Å²) in [7, 11) is -0.656. The van der Waals surface area contributed by atoms with Crippen LogP contribution in [0.25, 0.3) is 28.0 Å². The second kappa shape index (κ2) is 9.86. The summed E-state index contributed by atoms with van der Waals surface area (Å²) in [5.41, 5.74) is 3.91. The highest BCUT2D eigenvalue weighted by molar-refractivity contribution is 7.90. The topological polar surface area (TPSA) is 121 Å². The van der Waals surface area contributed by atoms with Crippen LogP contribution in [0.3, 0.4) is 0 Å². The molecule has 0 radical (unpaired) electrons. The van der Waals surface area contributed by atoms with Crippen LogP contribution in [-0.2, 0) is 16.4 Å². The first-order valence-corrected chi connectivity index (χ1v) is 13.2. The highest BCUT2D eigenvalue weighted by Crippen LogP contribution is 2.32. The molecule has 0 unspecified atom stereocenters. The Morgan fingerprint density at radius 2 is 1.76 bits per heavy atom. The normalized spacial score (nSPS) is 11.4. The molecule has 188 valence electrons. The summed E-state index contributed by atoms with van der Waals surface area (Å²) in [5.74, 6) is 1.37. The van der Waals surface area contributed by atoms with Gasteiger partial charge in [-0.3, -0.25) is 0 Å². The average molecular weight is 517 g/mol. The van der Waals surface area contributed by atoms with E-state index in [-0.39, 0.29) is 10.8 Å².